The number of hydrogen-bond acceptors (Lipinski definition) is 3. The van der Waals surface area contributed by atoms with Gasteiger partial charge in [-0.2, -0.15) is 0 Å². The molecule has 0 aliphatic heterocycles. The van der Waals surface area contributed by atoms with Crippen molar-refractivity contribution in [2.24, 2.45) is 5.73 Å². The molecule has 0 fully saturated rings. The zero-order valence-corrected chi connectivity index (χ0v) is 12.5. The minimum absolute atomic E-state index is 0.117. The number of rotatable bonds is 5. The number of methoxy groups -OCH3 is 1. The molecular formula is C17H19N3O2. The van der Waals surface area contributed by atoms with E-state index >= 15 is 0 Å². The maximum atomic E-state index is 11.0. The molecule has 0 radical (unpaired) electrons. The first-order valence-electron chi connectivity index (χ1n) is 7.90. The van der Waals surface area contributed by atoms with E-state index in [1.165, 1.54) is 0 Å². The molecule has 0 atom stereocenters. The smallest absolute Gasteiger partial charge is 0.217 e. The van der Waals surface area contributed by atoms with Crippen molar-refractivity contribution in [1.29, 1.82) is 0 Å². The van der Waals surface area contributed by atoms with Gasteiger partial charge in [-0.1, -0.05) is 0 Å². The molecule has 0 saturated heterocycles. The van der Waals surface area contributed by atoms with Gasteiger partial charge >= 0.3 is 0 Å². The van der Waals surface area contributed by atoms with Gasteiger partial charge in [0.1, 0.15) is 5.75 Å². The lowest BCUT2D eigenvalue weighted by molar-refractivity contribution is -0.118. The number of primary amides is 1. The van der Waals surface area contributed by atoms with Gasteiger partial charge in [0, 0.05) is 36.0 Å². The summed E-state index contributed by atoms with van der Waals surface area (Å²) in [7, 11) is -0.117. The molecule has 5 heteroatoms. The second-order valence-corrected chi connectivity index (χ2v) is 5.34. The van der Waals surface area contributed by atoms with Crippen LogP contribution in [0.15, 0.2) is 30.5 Å². The fourth-order valence-corrected chi connectivity index (χ4v) is 2.93. The number of nitrogens with two attached hydrogens (primary N) is 1. The number of benzene rings is 1. The molecule has 0 spiro atoms. The van der Waals surface area contributed by atoms with Crippen LogP contribution in [0, 0.1) is 6.92 Å². The Morgan fingerprint density at radius 2 is 2.27 bits per heavy atom. The lowest BCUT2D eigenvalue weighted by atomic mass is 10.1. The SMILES string of the molecule is [2H]COc1ccc2c3ccnc(C)c3n(CCCC(N)=O)c2c1. The third-order valence-electron chi connectivity index (χ3n) is 3.90. The fourth-order valence-electron chi connectivity index (χ4n) is 2.93. The van der Waals surface area contributed by atoms with Crippen molar-refractivity contribution in [2.75, 3.05) is 7.09 Å². The molecule has 1 amide bonds. The van der Waals surface area contributed by atoms with Crippen molar-refractivity contribution in [3.8, 4) is 5.75 Å². The number of fused-ring (bicyclic) bond motifs is 3. The van der Waals surface area contributed by atoms with Crippen LogP contribution in [0.4, 0.5) is 0 Å². The Morgan fingerprint density at radius 3 is 3.05 bits per heavy atom. The van der Waals surface area contributed by atoms with Gasteiger partial charge in [-0.3, -0.25) is 9.78 Å². The largest absolute Gasteiger partial charge is 0.497 e. The van der Waals surface area contributed by atoms with Crippen molar-refractivity contribution >= 4 is 27.7 Å². The summed E-state index contributed by atoms with van der Waals surface area (Å²) in [6.45, 7) is 2.66. The van der Waals surface area contributed by atoms with Crippen LogP contribution in [0.2, 0.25) is 0 Å². The number of aromatic nitrogens is 2. The molecule has 0 saturated carbocycles. The summed E-state index contributed by atoms with van der Waals surface area (Å²) >= 11 is 0. The second kappa shape index (κ2) is 5.67. The van der Waals surface area contributed by atoms with Gasteiger partial charge in [0.2, 0.25) is 5.91 Å². The number of amides is 1. The van der Waals surface area contributed by atoms with E-state index in [2.05, 4.69) is 9.55 Å². The summed E-state index contributed by atoms with van der Waals surface area (Å²) in [6, 6.07) is 7.82. The van der Waals surface area contributed by atoms with Crippen molar-refractivity contribution in [2.45, 2.75) is 26.3 Å². The Labute approximate surface area is 130 Å². The van der Waals surface area contributed by atoms with E-state index in [0.29, 0.717) is 25.1 Å². The molecule has 0 bridgehead atoms. The Balaban J connectivity index is 2.17. The molecular weight excluding hydrogens is 278 g/mol. The first-order chi connectivity index (χ1) is 11.1. The standard InChI is InChI=1S/C17H19N3O2/c1-11-17-14(7-8-19-11)13-6-5-12(22-2)10-15(13)20(17)9-3-4-16(18)21/h5-8,10H,3-4,9H2,1-2H3,(H2,18,21)/i2D. The van der Waals surface area contributed by atoms with Gasteiger partial charge in [-0.25, -0.2) is 0 Å². The third kappa shape index (κ3) is 2.39. The highest BCUT2D eigenvalue weighted by Crippen LogP contribution is 2.32. The number of hydrogen-bond donors (Lipinski definition) is 1. The second-order valence-electron chi connectivity index (χ2n) is 5.34. The quantitative estimate of drug-likeness (QED) is 0.787. The van der Waals surface area contributed by atoms with Crippen LogP contribution in [-0.2, 0) is 11.3 Å². The highest BCUT2D eigenvalue weighted by atomic mass is 16.5. The number of nitrogens with zero attached hydrogens (tertiary/aromatic N) is 2. The summed E-state index contributed by atoms with van der Waals surface area (Å²) in [6.07, 6.45) is 2.83. The minimum Gasteiger partial charge on any atom is -0.497 e. The van der Waals surface area contributed by atoms with Gasteiger partial charge in [-0.15, -0.1) is 0 Å². The normalized spacial score (nSPS) is 11.8. The summed E-state index contributed by atoms with van der Waals surface area (Å²) in [5.41, 5.74) is 8.28. The monoisotopic (exact) mass is 298 g/mol. The van der Waals surface area contributed by atoms with Crippen LogP contribution >= 0.6 is 0 Å². The number of carbonyl (C=O) groups excluding carboxylic acids is 1. The molecule has 3 aromatic rings. The molecule has 114 valence electrons. The van der Waals surface area contributed by atoms with Crippen LogP contribution in [0.5, 0.6) is 5.75 Å². The highest BCUT2D eigenvalue weighted by Gasteiger charge is 2.13. The first kappa shape index (κ1) is 13.1. The summed E-state index contributed by atoms with van der Waals surface area (Å²) in [4.78, 5) is 15.4. The minimum atomic E-state index is -0.293. The number of aryl methyl sites for hydroxylation is 2. The van der Waals surface area contributed by atoms with Crippen molar-refractivity contribution in [3.63, 3.8) is 0 Å². The van der Waals surface area contributed by atoms with E-state index in [1.54, 1.807) is 6.20 Å². The summed E-state index contributed by atoms with van der Waals surface area (Å²) in [5.74, 6) is 0.371. The van der Waals surface area contributed by atoms with E-state index in [1.807, 2.05) is 31.2 Å². The van der Waals surface area contributed by atoms with Crippen LogP contribution in [0.25, 0.3) is 21.8 Å². The molecule has 0 aliphatic rings. The molecule has 2 N–H and O–H groups in total. The molecule has 0 unspecified atom stereocenters. The van der Waals surface area contributed by atoms with E-state index in [-0.39, 0.29) is 13.0 Å². The first-order valence-corrected chi connectivity index (χ1v) is 7.19. The predicted molar refractivity (Wildman–Crippen MR) is 87.0 cm³/mol. The topological polar surface area (TPSA) is 70.1 Å². The van der Waals surface area contributed by atoms with Crippen LogP contribution in [0.3, 0.4) is 0 Å². The van der Waals surface area contributed by atoms with Gasteiger partial charge in [0.05, 0.1) is 25.2 Å². The van der Waals surface area contributed by atoms with E-state index in [0.717, 1.165) is 27.5 Å². The van der Waals surface area contributed by atoms with E-state index in [4.69, 9.17) is 11.8 Å². The average molecular weight is 298 g/mol. The number of pyridine rings is 1. The van der Waals surface area contributed by atoms with Crippen LogP contribution in [0.1, 0.15) is 19.9 Å². The molecule has 2 aromatic heterocycles. The van der Waals surface area contributed by atoms with Gasteiger partial charge < -0.3 is 15.0 Å². The van der Waals surface area contributed by atoms with Gasteiger partial charge in [0.15, 0.2) is 0 Å². The Kier molecular flexibility index (Phi) is 3.39. The Hall–Kier alpha value is -2.56. The lowest BCUT2D eigenvalue weighted by Gasteiger charge is -2.08. The van der Waals surface area contributed by atoms with Gasteiger partial charge in [0.25, 0.3) is 0 Å². The summed E-state index contributed by atoms with van der Waals surface area (Å²) < 4.78 is 14.7. The predicted octanol–water partition coefficient (Wildman–Crippen LogP) is 2.77. The Bertz CT molecular complexity index is 873. The number of carbonyl (C=O) groups is 1. The molecule has 0 aliphatic carbocycles. The average Bonchev–Trinajstić information content (AvgIpc) is 2.82. The Morgan fingerprint density at radius 1 is 1.41 bits per heavy atom. The van der Waals surface area contributed by atoms with Crippen molar-refractivity contribution in [3.05, 3.63) is 36.2 Å². The zero-order chi connectivity index (χ0) is 16.4. The molecule has 22 heavy (non-hydrogen) atoms. The number of ether oxygens (including phenoxy) is 1. The molecule has 2 heterocycles. The molecule has 1 aromatic carbocycles. The fraction of sp³-hybridized carbons (Fsp3) is 0.294. The zero-order valence-electron chi connectivity index (χ0n) is 13.5. The maximum Gasteiger partial charge on any atom is 0.217 e. The molecule has 5 nitrogen and oxygen atoms in total. The summed E-state index contributed by atoms with van der Waals surface area (Å²) in [5, 5.41) is 2.24. The van der Waals surface area contributed by atoms with E-state index < -0.39 is 0 Å². The van der Waals surface area contributed by atoms with Crippen LogP contribution < -0.4 is 10.5 Å². The lowest BCUT2D eigenvalue weighted by Crippen LogP contribution is -2.11. The van der Waals surface area contributed by atoms with Crippen molar-refractivity contribution in [1.82, 2.24) is 9.55 Å². The van der Waals surface area contributed by atoms with Gasteiger partial charge in [-0.05, 0) is 31.5 Å². The highest BCUT2D eigenvalue weighted by molar-refractivity contribution is 6.09. The maximum absolute atomic E-state index is 11.0. The molecule has 3 rings (SSSR count). The van der Waals surface area contributed by atoms with Crippen LogP contribution in [-0.4, -0.2) is 22.5 Å². The van der Waals surface area contributed by atoms with E-state index in [9.17, 15) is 4.79 Å². The third-order valence-corrected chi connectivity index (χ3v) is 3.90. The van der Waals surface area contributed by atoms with Crippen molar-refractivity contribution < 1.29 is 10.9 Å².